The Hall–Kier alpha value is -1.06. The fourth-order valence-corrected chi connectivity index (χ4v) is 3.97. The van der Waals surface area contributed by atoms with Crippen LogP contribution in [0, 0.1) is 11.6 Å². The van der Waals surface area contributed by atoms with Gasteiger partial charge in [0, 0.05) is 17.1 Å². The number of primary amides is 1. The van der Waals surface area contributed by atoms with Gasteiger partial charge in [0.25, 0.3) is 0 Å². The molecule has 9 heteroatoms. The number of hydrogen-bond acceptors (Lipinski definition) is 3. The first-order valence-electron chi connectivity index (χ1n) is 5.13. The van der Waals surface area contributed by atoms with Crippen LogP contribution in [0.2, 0.25) is 0 Å². The fourth-order valence-electron chi connectivity index (χ4n) is 1.45. The molecule has 0 fully saturated rings. The molecular formula is C10H11BrF2N2O3S. The third-order valence-electron chi connectivity index (χ3n) is 2.25. The van der Waals surface area contributed by atoms with E-state index in [1.54, 1.807) is 0 Å². The van der Waals surface area contributed by atoms with Crippen molar-refractivity contribution < 1.29 is 22.0 Å². The van der Waals surface area contributed by atoms with Crippen molar-refractivity contribution >= 4 is 31.9 Å². The largest absolute Gasteiger partial charge is 0.369 e. The number of rotatable bonds is 5. The normalized spacial score (nSPS) is 11.8. The van der Waals surface area contributed by atoms with E-state index < -0.39 is 39.0 Å². The summed E-state index contributed by atoms with van der Waals surface area (Å²) in [6.07, 6.45) is 0. The molecule has 19 heavy (non-hydrogen) atoms. The highest BCUT2D eigenvalue weighted by atomic mass is 79.9. The quantitative estimate of drug-likeness (QED) is 0.861. The summed E-state index contributed by atoms with van der Waals surface area (Å²) in [6, 6.07) is 1.28. The van der Waals surface area contributed by atoms with Gasteiger partial charge in [-0.05, 0) is 22.0 Å². The van der Waals surface area contributed by atoms with Crippen molar-refractivity contribution in [3.63, 3.8) is 0 Å². The average Bonchev–Trinajstić information content (AvgIpc) is 2.23. The topological polar surface area (TPSA) is 80.5 Å². The Labute approximate surface area is 117 Å². The number of amides is 1. The van der Waals surface area contributed by atoms with Crippen LogP contribution in [-0.4, -0.2) is 31.7 Å². The van der Waals surface area contributed by atoms with Crippen LogP contribution in [0.5, 0.6) is 0 Å². The molecule has 1 aromatic carbocycles. The number of benzene rings is 1. The fraction of sp³-hybridized carbons (Fsp3) is 0.300. The minimum absolute atomic E-state index is 0.0749. The van der Waals surface area contributed by atoms with E-state index in [0.717, 1.165) is 6.07 Å². The predicted molar refractivity (Wildman–Crippen MR) is 67.7 cm³/mol. The van der Waals surface area contributed by atoms with Gasteiger partial charge < -0.3 is 5.73 Å². The number of halogens is 3. The number of likely N-dealkylation sites (N-methyl/N-ethyl adjacent to an activating group) is 1. The molecule has 0 heterocycles. The van der Waals surface area contributed by atoms with E-state index in [9.17, 15) is 22.0 Å². The Morgan fingerprint density at radius 1 is 1.42 bits per heavy atom. The lowest BCUT2D eigenvalue weighted by atomic mass is 10.3. The molecule has 5 nitrogen and oxygen atoms in total. The Kier molecular flexibility index (Phi) is 4.99. The van der Waals surface area contributed by atoms with Crippen LogP contribution in [0.3, 0.4) is 0 Å². The Bertz CT molecular complexity index is 584. The maximum Gasteiger partial charge on any atom is 0.247 e. The van der Waals surface area contributed by atoms with Gasteiger partial charge >= 0.3 is 0 Å². The molecule has 0 bridgehead atoms. The second-order valence-electron chi connectivity index (χ2n) is 3.60. The lowest BCUT2D eigenvalue weighted by Crippen LogP contribution is -2.38. The maximum absolute atomic E-state index is 13.6. The molecule has 0 unspecified atom stereocenters. The molecule has 1 rings (SSSR count). The first kappa shape index (κ1) is 16.0. The van der Waals surface area contributed by atoms with Crippen LogP contribution in [0.4, 0.5) is 8.78 Å². The van der Waals surface area contributed by atoms with E-state index in [-0.39, 0.29) is 11.0 Å². The molecule has 106 valence electrons. The summed E-state index contributed by atoms with van der Waals surface area (Å²) in [7, 11) is -4.28. The van der Waals surface area contributed by atoms with Gasteiger partial charge in [0.15, 0.2) is 0 Å². The average molecular weight is 357 g/mol. The molecule has 1 aromatic rings. The SMILES string of the molecule is CCN(CC(N)=O)S(=O)(=O)c1c(F)cc(F)cc1Br. The number of hydrogen-bond donors (Lipinski definition) is 1. The first-order valence-corrected chi connectivity index (χ1v) is 7.36. The summed E-state index contributed by atoms with van der Waals surface area (Å²) in [4.78, 5) is 10.1. The summed E-state index contributed by atoms with van der Waals surface area (Å²) < 4.78 is 51.4. The van der Waals surface area contributed by atoms with Crippen molar-refractivity contribution in [2.75, 3.05) is 13.1 Å². The van der Waals surface area contributed by atoms with E-state index in [1.165, 1.54) is 6.92 Å². The molecule has 0 saturated carbocycles. The van der Waals surface area contributed by atoms with Crippen LogP contribution in [0.1, 0.15) is 6.92 Å². The number of nitrogens with two attached hydrogens (primary N) is 1. The van der Waals surface area contributed by atoms with Gasteiger partial charge in [-0.3, -0.25) is 4.79 Å². The minimum Gasteiger partial charge on any atom is -0.369 e. The Balaban J connectivity index is 3.38. The van der Waals surface area contributed by atoms with E-state index in [0.29, 0.717) is 10.4 Å². The summed E-state index contributed by atoms with van der Waals surface area (Å²) in [5, 5.41) is 0. The summed E-state index contributed by atoms with van der Waals surface area (Å²) in [5.74, 6) is -3.03. The molecule has 2 N–H and O–H groups in total. The highest BCUT2D eigenvalue weighted by molar-refractivity contribution is 9.10. The van der Waals surface area contributed by atoms with Crippen LogP contribution in [0.25, 0.3) is 0 Å². The van der Waals surface area contributed by atoms with E-state index in [2.05, 4.69) is 15.9 Å². The van der Waals surface area contributed by atoms with Crippen molar-refractivity contribution in [1.29, 1.82) is 0 Å². The van der Waals surface area contributed by atoms with E-state index in [1.807, 2.05) is 0 Å². The summed E-state index contributed by atoms with van der Waals surface area (Å²) in [6.45, 7) is 0.812. The van der Waals surface area contributed by atoms with E-state index >= 15 is 0 Å². The lowest BCUT2D eigenvalue weighted by Gasteiger charge is -2.20. The van der Waals surface area contributed by atoms with Crippen LogP contribution in [0.15, 0.2) is 21.5 Å². The second-order valence-corrected chi connectivity index (χ2v) is 6.33. The van der Waals surface area contributed by atoms with Gasteiger partial charge in [0.2, 0.25) is 15.9 Å². The van der Waals surface area contributed by atoms with Gasteiger partial charge in [-0.1, -0.05) is 6.92 Å². The lowest BCUT2D eigenvalue weighted by molar-refractivity contribution is -0.118. The van der Waals surface area contributed by atoms with Crippen LogP contribution >= 0.6 is 15.9 Å². The highest BCUT2D eigenvalue weighted by Crippen LogP contribution is 2.28. The summed E-state index contributed by atoms with van der Waals surface area (Å²) >= 11 is 2.80. The van der Waals surface area contributed by atoms with Crippen LogP contribution in [-0.2, 0) is 14.8 Å². The van der Waals surface area contributed by atoms with Gasteiger partial charge in [0.05, 0.1) is 6.54 Å². The number of carbonyl (C=O) groups excluding carboxylic acids is 1. The zero-order chi connectivity index (χ0) is 14.8. The number of sulfonamides is 1. The van der Waals surface area contributed by atoms with Crippen molar-refractivity contribution in [2.45, 2.75) is 11.8 Å². The zero-order valence-corrected chi connectivity index (χ0v) is 12.3. The molecule has 0 atom stereocenters. The zero-order valence-electron chi connectivity index (χ0n) is 9.86. The molecule has 0 radical (unpaired) electrons. The first-order chi connectivity index (χ1) is 8.70. The molecule has 0 aliphatic rings. The van der Waals surface area contributed by atoms with Crippen molar-refractivity contribution in [3.8, 4) is 0 Å². The number of carbonyl (C=O) groups is 1. The standard InChI is InChI=1S/C10H11BrF2N2O3S/c1-2-15(5-9(14)16)19(17,18)10-7(11)3-6(12)4-8(10)13/h3-4H,2,5H2,1H3,(H2,14,16). The molecule has 0 spiro atoms. The maximum atomic E-state index is 13.6. The Morgan fingerprint density at radius 3 is 2.42 bits per heavy atom. The molecular weight excluding hydrogens is 346 g/mol. The smallest absolute Gasteiger partial charge is 0.247 e. The minimum atomic E-state index is -4.28. The highest BCUT2D eigenvalue weighted by Gasteiger charge is 2.30. The monoisotopic (exact) mass is 356 g/mol. The van der Waals surface area contributed by atoms with Crippen molar-refractivity contribution in [3.05, 3.63) is 28.2 Å². The predicted octanol–water partition coefficient (Wildman–Crippen LogP) is 1.22. The third kappa shape index (κ3) is 3.48. The van der Waals surface area contributed by atoms with Gasteiger partial charge in [0.1, 0.15) is 16.5 Å². The van der Waals surface area contributed by atoms with Gasteiger partial charge in [-0.25, -0.2) is 17.2 Å². The van der Waals surface area contributed by atoms with E-state index in [4.69, 9.17) is 5.73 Å². The van der Waals surface area contributed by atoms with Gasteiger partial charge in [-0.2, -0.15) is 4.31 Å². The Morgan fingerprint density at radius 2 is 2.00 bits per heavy atom. The van der Waals surface area contributed by atoms with Crippen molar-refractivity contribution in [2.24, 2.45) is 5.73 Å². The van der Waals surface area contributed by atoms with Crippen LogP contribution < -0.4 is 5.73 Å². The molecule has 0 aromatic heterocycles. The molecule has 1 amide bonds. The number of nitrogens with zero attached hydrogens (tertiary/aromatic N) is 1. The molecule has 0 saturated heterocycles. The molecule has 0 aliphatic heterocycles. The molecule has 0 aliphatic carbocycles. The van der Waals surface area contributed by atoms with Crippen molar-refractivity contribution in [1.82, 2.24) is 4.31 Å². The van der Waals surface area contributed by atoms with Gasteiger partial charge in [-0.15, -0.1) is 0 Å². The second kappa shape index (κ2) is 5.93. The summed E-state index contributed by atoms with van der Waals surface area (Å²) in [5.41, 5.74) is 4.93. The third-order valence-corrected chi connectivity index (χ3v) is 5.13.